The molecule has 1 aliphatic rings. The van der Waals surface area contributed by atoms with Crippen LogP contribution in [0.5, 0.6) is 11.5 Å². The number of fused-ring (bicyclic) bond motifs is 1. The van der Waals surface area contributed by atoms with Gasteiger partial charge in [-0.1, -0.05) is 18.2 Å². The van der Waals surface area contributed by atoms with Gasteiger partial charge in [0.2, 0.25) is 5.88 Å². The molecule has 0 saturated heterocycles. The minimum absolute atomic E-state index is 0.0133. The van der Waals surface area contributed by atoms with E-state index in [2.05, 4.69) is 0 Å². The third kappa shape index (κ3) is 2.42. The van der Waals surface area contributed by atoms with E-state index in [1.54, 1.807) is 18.2 Å². The Balaban J connectivity index is 2.16. The molecule has 0 aromatic heterocycles. The Bertz CT molecular complexity index is 866. The number of nitrogens with two attached hydrogens (primary N) is 1. The van der Waals surface area contributed by atoms with E-state index in [4.69, 9.17) is 10.5 Å². The van der Waals surface area contributed by atoms with E-state index >= 15 is 0 Å². The largest absolute Gasteiger partial charge is 0.508 e. The molecule has 7 nitrogen and oxygen atoms in total. The van der Waals surface area contributed by atoms with Gasteiger partial charge in [-0.05, 0) is 11.6 Å². The first-order chi connectivity index (χ1) is 11.0. The van der Waals surface area contributed by atoms with Gasteiger partial charge >= 0.3 is 0 Å². The molecule has 23 heavy (non-hydrogen) atoms. The molecule has 114 valence electrons. The van der Waals surface area contributed by atoms with E-state index in [9.17, 15) is 20.5 Å². The average molecular weight is 309 g/mol. The second-order valence-corrected chi connectivity index (χ2v) is 5.00. The maximum atomic E-state index is 10.8. The topological polar surface area (TPSA) is 122 Å². The lowest BCUT2D eigenvalue weighted by molar-refractivity contribution is -0.384. The van der Waals surface area contributed by atoms with Crippen LogP contribution in [0.25, 0.3) is 0 Å². The minimum Gasteiger partial charge on any atom is -0.508 e. The quantitative estimate of drug-likeness (QED) is 0.649. The molecule has 0 unspecified atom stereocenters. The predicted octanol–water partition coefficient (Wildman–Crippen LogP) is 2.52. The number of benzene rings is 2. The summed E-state index contributed by atoms with van der Waals surface area (Å²) in [5.74, 6) is -0.191. The molecule has 2 aromatic rings. The highest BCUT2D eigenvalue weighted by Crippen LogP contribution is 2.43. The Hall–Kier alpha value is -3.53. The molecule has 0 amide bonds. The first-order valence-corrected chi connectivity index (χ1v) is 6.66. The van der Waals surface area contributed by atoms with Gasteiger partial charge in [-0.2, -0.15) is 5.26 Å². The number of hydrogen-bond acceptors (Lipinski definition) is 6. The van der Waals surface area contributed by atoms with E-state index in [-0.39, 0.29) is 22.9 Å². The molecule has 0 fully saturated rings. The summed E-state index contributed by atoms with van der Waals surface area (Å²) in [6.07, 6.45) is 0. The van der Waals surface area contributed by atoms with E-state index in [1.165, 1.54) is 24.3 Å². The Morgan fingerprint density at radius 2 is 1.96 bits per heavy atom. The normalized spacial score (nSPS) is 16.2. The van der Waals surface area contributed by atoms with Crippen LogP contribution in [0, 0.1) is 21.4 Å². The minimum atomic E-state index is -0.509. The van der Waals surface area contributed by atoms with Crippen molar-refractivity contribution in [3.63, 3.8) is 0 Å². The molecule has 2 aromatic carbocycles. The van der Waals surface area contributed by atoms with Crippen LogP contribution in [0.1, 0.15) is 17.0 Å². The van der Waals surface area contributed by atoms with Crippen molar-refractivity contribution in [1.82, 2.24) is 0 Å². The number of non-ortho nitro benzene ring substituents is 1. The average Bonchev–Trinajstić information content (AvgIpc) is 2.53. The number of ether oxygens (including phenoxy) is 1. The van der Waals surface area contributed by atoms with E-state index < -0.39 is 10.8 Å². The molecule has 1 aliphatic heterocycles. The third-order valence-electron chi connectivity index (χ3n) is 3.64. The number of phenolic OH excluding ortho intramolecular Hbond substituents is 1. The third-order valence-corrected chi connectivity index (χ3v) is 3.64. The molecule has 0 aliphatic carbocycles. The maximum absolute atomic E-state index is 10.8. The van der Waals surface area contributed by atoms with Crippen LogP contribution in [0.15, 0.2) is 53.9 Å². The van der Waals surface area contributed by atoms with Crippen molar-refractivity contribution >= 4 is 5.69 Å². The molecule has 1 atom stereocenters. The lowest BCUT2D eigenvalue weighted by atomic mass is 9.83. The summed E-state index contributed by atoms with van der Waals surface area (Å²) in [4.78, 5) is 10.3. The summed E-state index contributed by atoms with van der Waals surface area (Å²) in [6.45, 7) is 0. The molecule has 0 radical (unpaired) electrons. The molecule has 1 heterocycles. The standard InChI is InChI=1S/C16H11N3O4/c17-8-13-15(9-1-3-10(4-2-9)19(21)22)12-6-5-11(20)7-14(12)23-16(13)18/h1-7,15,20H,18H2/t15-/m1/s1. The molecule has 7 heteroatoms. The lowest BCUT2D eigenvalue weighted by Crippen LogP contribution is -2.20. The SMILES string of the molecule is N#CC1=C(N)Oc2cc(O)ccc2[C@H]1c1ccc([N+](=O)[O-])cc1. The number of rotatable bonds is 2. The fourth-order valence-corrected chi connectivity index (χ4v) is 2.58. The van der Waals surface area contributed by atoms with Crippen molar-refractivity contribution in [2.24, 2.45) is 5.73 Å². The van der Waals surface area contributed by atoms with Gasteiger partial charge in [0.1, 0.15) is 23.1 Å². The summed E-state index contributed by atoms with van der Waals surface area (Å²) >= 11 is 0. The number of aromatic hydroxyl groups is 1. The summed E-state index contributed by atoms with van der Waals surface area (Å²) in [6, 6.07) is 12.5. The zero-order chi connectivity index (χ0) is 16.6. The van der Waals surface area contributed by atoms with Crippen LogP contribution >= 0.6 is 0 Å². The Labute approximate surface area is 131 Å². The van der Waals surface area contributed by atoms with Crippen LogP contribution in [-0.4, -0.2) is 10.0 Å². The zero-order valence-corrected chi connectivity index (χ0v) is 11.8. The van der Waals surface area contributed by atoms with Crippen LogP contribution < -0.4 is 10.5 Å². The van der Waals surface area contributed by atoms with Crippen LogP contribution in [-0.2, 0) is 0 Å². The smallest absolute Gasteiger partial charge is 0.269 e. The number of nitriles is 1. The van der Waals surface area contributed by atoms with Gasteiger partial charge in [0.15, 0.2) is 0 Å². The highest BCUT2D eigenvalue weighted by atomic mass is 16.6. The Morgan fingerprint density at radius 3 is 2.57 bits per heavy atom. The Morgan fingerprint density at radius 1 is 1.26 bits per heavy atom. The molecule has 3 N–H and O–H groups in total. The fraction of sp³-hybridized carbons (Fsp3) is 0.0625. The number of hydrogen-bond donors (Lipinski definition) is 2. The fourth-order valence-electron chi connectivity index (χ4n) is 2.58. The number of phenols is 1. The van der Waals surface area contributed by atoms with Gasteiger partial charge in [0.05, 0.1) is 10.8 Å². The first kappa shape index (κ1) is 14.4. The Kier molecular flexibility index (Phi) is 3.35. The van der Waals surface area contributed by atoms with Crippen molar-refractivity contribution in [2.75, 3.05) is 0 Å². The van der Waals surface area contributed by atoms with Crippen LogP contribution in [0.3, 0.4) is 0 Å². The summed E-state index contributed by atoms with van der Waals surface area (Å²) in [5, 5.41) is 29.7. The van der Waals surface area contributed by atoms with Crippen molar-refractivity contribution in [3.05, 3.63) is 75.2 Å². The van der Waals surface area contributed by atoms with Gasteiger partial charge < -0.3 is 15.6 Å². The highest BCUT2D eigenvalue weighted by molar-refractivity contribution is 5.57. The van der Waals surface area contributed by atoms with Gasteiger partial charge in [-0.3, -0.25) is 10.1 Å². The van der Waals surface area contributed by atoms with Crippen LogP contribution in [0.4, 0.5) is 5.69 Å². The van der Waals surface area contributed by atoms with Gasteiger partial charge in [0.25, 0.3) is 5.69 Å². The molecular formula is C16H11N3O4. The number of allylic oxidation sites excluding steroid dienone is 1. The summed E-state index contributed by atoms with van der Waals surface area (Å²) in [5.41, 5.74) is 7.31. The maximum Gasteiger partial charge on any atom is 0.269 e. The second-order valence-electron chi connectivity index (χ2n) is 5.00. The highest BCUT2D eigenvalue weighted by Gasteiger charge is 2.31. The number of nitro benzene ring substituents is 1. The van der Waals surface area contributed by atoms with Crippen molar-refractivity contribution in [2.45, 2.75) is 5.92 Å². The zero-order valence-electron chi connectivity index (χ0n) is 11.8. The molecular weight excluding hydrogens is 298 g/mol. The lowest BCUT2D eigenvalue weighted by Gasteiger charge is -2.26. The molecule has 0 spiro atoms. The van der Waals surface area contributed by atoms with E-state index in [0.717, 1.165) is 0 Å². The summed E-state index contributed by atoms with van der Waals surface area (Å²) in [7, 11) is 0. The van der Waals surface area contributed by atoms with Crippen molar-refractivity contribution < 1.29 is 14.8 Å². The summed E-state index contributed by atoms with van der Waals surface area (Å²) < 4.78 is 5.40. The predicted molar refractivity (Wildman–Crippen MR) is 80.5 cm³/mol. The molecule has 0 saturated carbocycles. The van der Waals surface area contributed by atoms with Gasteiger partial charge in [-0.25, -0.2) is 0 Å². The van der Waals surface area contributed by atoms with Gasteiger partial charge in [-0.15, -0.1) is 0 Å². The second kappa shape index (κ2) is 5.35. The number of nitrogens with zero attached hydrogens (tertiary/aromatic N) is 2. The van der Waals surface area contributed by atoms with Crippen molar-refractivity contribution in [3.8, 4) is 17.6 Å². The van der Waals surface area contributed by atoms with E-state index in [0.29, 0.717) is 16.9 Å². The van der Waals surface area contributed by atoms with E-state index in [1.807, 2.05) is 6.07 Å². The van der Waals surface area contributed by atoms with Gasteiger partial charge in [0, 0.05) is 23.8 Å². The monoisotopic (exact) mass is 309 g/mol. The number of nitro groups is 1. The molecule has 0 bridgehead atoms. The first-order valence-electron chi connectivity index (χ1n) is 6.66. The molecule has 3 rings (SSSR count). The van der Waals surface area contributed by atoms with Crippen molar-refractivity contribution in [1.29, 1.82) is 5.26 Å². The van der Waals surface area contributed by atoms with Crippen LogP contribution in [0.2, 0.25) is 0 Å².